The highest BCUT2D eigenvalue weighted by molar-refractivity contribution is 5.93. The van der Waals surface area contributed by atoms with Gasteiger partial charge in [-0.25, -0.2) is 0 Å². The van der Waals surface area contributed by atoms with Crippen LogP contribution in [0.2, 0.25) is 0 Å². The summed E-state index contributed by atoms with van der Waals surface area (Å²) >= 11 is 0. The van der Waals surface area contributed by atoms with Gasteiger partial charge in [0.2, 0.25) is 0 Å². The number of hydrogen-bond acceptors (Lipinski definition) is 4. The molecule has 0 unspecified atom stereocenters. The summed E-state index contributed by atoms with van der Waals surface area (Å²) in [6, 6.07) is 8.98. The van der Waals surface area contributed by atoms with Gasteiger partial charge in [-0.1, -0.05) is 24.6 Å². The Balaban J connectivity index is 1.62. The second kappa shape index (κ2) is 8.39. The largest absolute Gasteiger partial charge is 0.396 e. The molecule has 0 aromatic heterocycles. The Morgan fingerprint density at radius 3 is 2.55 bits per heavy atom. The van der Waals surface area contributed by atoms with Crippen molar-refractivity contribution >= 4 is 11.5 Å². The fourth-order valence-electron chi connectivity index (χ4n) is 7.84. The number of anilines is 1. The molecular formula is C29H39NO3. The minimum atomic E-state index is -0.711. The van der Waals surface area contributed by atoms with Crippen molar-refractivity contribution in [2.75, 3.05) is 25.6 Å². The lowest BCUT2D eigenvalue weighted by molar-refractivity contribution is -0.114. The lowest BCUT2D eigenvalue weighted by Crippen LogP contribution is -2.51. The summed E-state index contributed by atoms with van der Waals surface area (Å²) in [5, 5.41) is 21.4. The molecule has 0 aliphatic heterocycles. The first kappa shape index (κ1) is 22.9. The minimum absolute atomic E-state index is 0.138. The van der Waals surface area contributed by atoms with E-state index in [-0.39, 0.29) is 23.7 Å². The summed E-state index contributed by atoms with van der Waals surface area (Å²) in [6.45, 7) is 2.47. The maximum absolute atomic E-state index is 12.2. The van der Waals surface area contributed by atoms with Crippen LogP contribution in [0.3, 0.4) is 0 Å². The zero-order valence-corrected chi connectivity index (χ0v) is 20.4. The molecule has 0 bridgehead atoms. The number of fused-ring (bicyclic) bond motifs is 4. The fraction of sp³-hybridized carbons (Fsp3) is 0.621. The molecule has 178 valence electrons. The van der Waals surface area contributed by atoms with E-state index in [2.05, 4.69) is 50.2 Å². The molecule has 4 heteroatoms. The van der Waals surface area contributed by atoms with E-state index in [1.165, 1.54) is 22.4 Å². The normalized spacial score (nSPS) is 35.6. The molecule has 2 N–H and O–H groups in total. The van der Waals surface area contributed by atoms with Crippen molar-refractivity contribution in [3.05, 3.63) is 52.6 Å². The predicted molar refractivity (Wildman–Crippen MR) is 132 cm³/mol. The van der Waals surface area contributed by atoms with Gasteiger partial charge < -0.3 is 15.1 Å². The van der Waals surface area contributed by atoms with E-state index in [4.69, 9.17) is 0 Å². The number of nitrogens with zero attached hydrogens (tertiary/aromatic N) is 1. The summed E-state index contributed by atoms with van der Waals surface area (Å²) in [6.07, 6.45) is 9.68. The number of aliphatic hydroxyl groups is 2. The van der Waals surface area contributed by atoms with Crippen LogP contribution in [0.25, 0.3) is 0 Å². The van der Waals surface area contributed by atoms with Crippen LogP contribution < -0.4 is 4.90 Å². The van der Waals surface area contributed by atoms with Gasteiger partial charge in [-0.3, -0.25) is 4.79 Å². The van der Waals surface area contributed by atoms with Crippen molar-refractivity contribution in [2.45, 2.75) is 76.2 Å². The van der Waals surface area contributed by atoms with E-state index in [1.54, 1.807) is 5.57 Å². The fourth-order valence-corrected chi connectivity index (χ4v) is 7.84. The molecule has 4 aliphatic rings. The molecule has 0 saturated heterocycles. The molecule has 2 saturated carbocycles. The van der Waals surface area contributed by atoms with E-state index < -0.39 is 5.60 Å². The standard InChI is InChI=1S/C29H39NO3/c1-28-18-25(19-5-8-21(9-6-19)30(2)3)27-23-12-10-22(32)17-20(23)7-11-24(27)26(28)13-15-29(28,33)14-4-16-31/h5-6,8-9,17,24-26,31,33H,4,7,10-16,18H2,1-3H3/t24-,25-,26-,28+,29+/m0/s1. The van der Waals surface area contributed by atoms with Gasteiger partial charge in [0.15, 0.2) is 5.78 Å². The molecule has 1 aromatic rings. The topological polar surface area (TPSA) is 60.8 Å². The SMILES string of the molecule is CN(C)c1ccc([C@@H]2C[C@]3(C)[C@@H](CC[C@]3(O)CCCO)[C@@H]3CCC4=CC(=O)CCC4=C23)cc1. The van der Waals surface area contributed by atoms with Gasteiger partial charge in [-0.2, -0.15) is 0 Å². The molecular weight excluding hydrogens is 410 g/mol. The van der Waals surface area contributed by atoms with E-state index in [9.17, 15) is 15.0 Å². The summed E-state index contributed by atoms with van der Waals surface area (Å²) in [5.41, 5.74) is 5.98. The second-order valence-electron chi connectivity index (χ2n) is 11.4. The van der Waals surface area contributed by atoms with E-state index in [0.717, 1.165) is 38.5 Å². The number of ketones is 1. The van der Waals surface area contributed by atoms with E-state index in [0.29, 0.717) is 31.1 Å². The second-order valence-corrected chi connectivity index (χ2v) is 11.4. The minimum Gasteiger partial charge on any atom is -0.396 e. The molecule has 5 rings (SSSR count). The van der Waals surface area contributed by atoms with E-state index in [1.807, 2.05) is 6.08 Å². The summed E-state index contributed by atoms with van der Waals surface area (Å²) < 4.78 is 0. The number of benzene rings is 1. The average Bonchev–Trinajstić information content (AvgIpc) is 3.07. The van der Waals surface area contributed by atoms with Crippen LogP contribution >= 0.6 is 0 Å². The number of allylic oxidation sites excluding steroid dienone is 4. The van der Waals surface area contributed by atoms with Crippen LogP contribution in [0.15, 0.2) is 47.1 Å². The molecule has 1 aromatic carbocycles. The van der Waals surface area contributed by atoms with Crippen LogP contribution in [-0.4, -0.2) is 42.3 Å². The summed E-state index contributed by atoms with van der Waals surface area (Å²) in [5.74, 6) is 1.50. The highest BCUT2D eigenvalue weighted by Gasteiger charge is 2.62. The molecule has 0 radical (unpaired) electrons. The van der Waals surface area contributed by atoms with E-state index >= 15 is 0 Å². The van der Waals surface area contributed by atoms with Crippen molar-refractivity contribution in [3.8, 4) is 0 Å². The van der Waals surface area contributed by atoms with Crippen LogP contribution in [0, 0.1) is 17.3 Å². The van der Waals surface area contributed by atoms with Crippen molar-refractivity contribution in [1.29, 1.82) is 0 Å². The van der Waals surface area contributed by atoms with Crippen LogP contribution in [0.5, 0.6) is 0 Å². The Hall–Kier alpha value is -1.91. The highest BCUT2D eigenvalue weighted by atomic mass is 16.3. The average molecular weight is 450 g/mol. The molecule has 5 atom stereocenters. The smallest absolute Gasteiger partial charge is 0.156 e. The maximum Gasteiger partial charge on any atom is 0.156 e. The Morgan fingerprint density at radius 2 is 1.85 bits per heavy atom. The quantitative estimate of drug-likeness (QED) is 0.652. The van der Waals surface area contributed by atoms with Gasteiger partial charge in [0.05, 0.1) is 5.60 Å². The zero-order chi connectivity index (χ0) is 23.4. The third kappa shape index (κ3) is 3.61. The van der Waals surface area contributed by atoms with Gasteiger partial charge >= 0.3 is 0 Å². The molecule has 0 amide bonds. The number of carbonyl (C=O) groups excluding carboxylic acids is 1. The molecule has 2 fully saturated rings. The van der Waals surface area contributed by atoms with Crippen LogP contribution in [0.1, 0.15) is 76.2 Å². The van der Waals surface area contributed by atoms with Gasteiger partial charge in [-0.15, -0.1) is 0 Å². The highest BCUT2D eigenvalue weighted by Crippen LogP contribution is 2.67. The monoisotopic (exact) mass is 449 g/mol. The first-order chi connectivity index (χ1) is 15.8. The Bertz CT molecular complexity index is 991. The lowest BCUT2D eigenvalue weighted by atomic mass is 9.51. The van der Waals surface area contributed by atoms with Gasteiger partial charge in [-0.05, 0) is 98.1 Å². The van der Waals surface area contributed by atoms with Gasteiger partial charge in [0.25, 0.3) is 0 Å². The summed E-state index contributed by atoms with van der Waals surface area (Å²) in [4.78, 5) is 14.3. The molecule has 0 spiro atoms. The molecule has 33 heavy (non-hydrogen) atoms. The molecule has 0 heterocycles. The Labute approximate surface area is 198 Å². The predicted octanol–water partition coefficient (Wildman–Crippen LogP) is 5.16. The first-order valence-electron chi connectivity index (χ1n) is 12.8. The Morgan fingerprint density at radius 1 is 1.09 bits per heavy atom. The van der Waals surface area contributed by atoms with Crippen molar-refractivity contribution in [3.63, 3.8) is 0 Å². The Kier molecular flexibility index (Phi) is 5.81. The zero-order valence-electron chi connectivity index (χ0n) is 20.4. The number of rotatable bonds is 5. The summed E-state index contributed by atoms with van der Waals surface area (Å²) in [7, 11) is 4.14. The molecule has 4 aliphatic carbocycles. The van der Waals surface area contributed by atoms with Crippen LogP contribution in [0.4, 0.5) is 5.69 Å². The number of hydrogen-bond donors (Lipinski definition) is 2. The molecule has 4 nitrogen and oxygen atoms in total. The van der Waals surface area contributed by atoms with Crippen molar-refractivity contribution in [2.24, 2.45) is 17.3 Å². The third-order valence-corrected chi connectivity index (χ3v) is 9.62. The lowest BCUT2D eigenvalue weighted by Gasteiger charge is -2.55. The van der Waals surface area contributed by atoms with Crippen LogP contribution in [-0.2, 0) is 4.79 Å². The maximum atomic E-state index is 12.2. The number of carbonyl (C=O) groups is 1. The van der Waals surface area contributed by atoms with Crippen molar-refractivity contribution in [1.82, 2.24) is 0 Å². The van der Waals surface area contributed by atoms with Gasteiger partial charge in [0, 0.05) is 44.1 Å². The number of aliphatic hydroxyl groups excluding tert-OH is 1. The van der Waals surface area contributed by atoms with Crippen molar-refractivity contribution < 1.29 is 15.0 Å². The third-order valence-electron chi connectivity index (χ3n) is 9.62. The van der Waals surface area contributed by atoms with Gasteiger partial charge in [0.1, 0.15) is 0 Å². The first-order valence-corrected chi connectivity index (χ1v) is 12.8.